The van der Waals surface area contributed by atoms with Crippen LogP contribution in [0.25, 0.3) is 17.0 Å². The van der Waals surface area contributed by atoms with E-state index < -0.39 is 5.91 Å². The molecule has 5 rings (SSSR count). The van der Waals surface area contributed by atoms with E-state index in [-0.39, 0.29) is 11.9 Å². The predicted octanol–water partition coefficient (Wildman–Crippen LogP) is 4.59. The Morgan fingerprint density at radius 3 is 2.94 bits per heavy atom. The van der Waals surface area contributed by atoms with Gasteiger partial charge in [0.1, 0.15) is 5.82 Å². The number of fused-ring (bicyclic) bond motifs is 2. The Hall–Kier alpha value is -3.75. The lowest BCUT2D eigenvalue weighted by Gasteiger charge is -2.29. The Morgan fingerprint density at radius 1 is 1.26 bits per heavy atom. The molecule has 0 bridgehead atoms. The lowest BCUT2D eigenvalue weighted by atomic mass is 10.0. The fourth-order valence-corrected chi connectivity index (χ4v) is 5.04. The summed E-state index contributed by atoms with van der Waals surface area (Å²) in [6, 6.07) is 11.4. The average Bonchev–Trinajstić information content (AvgIpc) is 3.58. The SMILES string of the molecule is Cc1n[nH]cc1CN(CCc1c[nH]c2cc(F)ccc12)C1CCc2cc(C=CC(=O)NO)ccc21. The van der Waals surface area contributed by atoms with Crippen molar-refractivity contribution in [3.63, 3.8) is 0 Å². The predicted molar refractivity (Wildman–Crippen MR) is 132 cm³/mol. The van der Waals surface area contributed by atoms with Crippen LogP contribution in [-0.4, -0.2) is 37.7 Å². The quantitative estimate of drug-likeness (QED) is 0.171. The van der Waals surface area contributed by atoms with Crippen LogP contribution in [0.15, 0.2) is 54.9 Å². The molecule has 0 saturated carbocycles. The number of halogens is 1. The van der Waals surface area contributed by atoms with Crippen molar-refractivity contribution < 1.29 is 14.4 Å². The highest BCUT2D eigenvalue weighted by atomic mass is 19.1. The number of aromatic amines is 2. The molecular formula is C27H28FN5O2. The van der Waals surface area contributed by atoms with Crippen molar-refractivity contribution in [2.75, 3.05) is 6.54 Å². The first kappa shape index (κ1) is 23.0. The number of amides is 1. The van der Waals surface area contributed by atoms with Gasteiger partial charge < -0.3 is 4.98 Å². The molecule has 2 heterocycles. The summed E-state index contributed by atoms with van der Waals surface area (Å²) in [6.07, 6.45) is 9.77. The Morgan fingerprint density at radius 2 is 2.14 bits per heavy atom. The van der Waals surface area contributed by atoms with Crippen LogP contribution < -0.4 is 5.48 Å². The maximum Gasteiger partial charge on any atom is 0.267 e. The molecule has 2 aromatic carbocycles. The van der Waals surface area contributed by atoms with Crippen LogP contribution in [0.2, 0.25) is 0 Å². The minimum Gasteiger partial charge on any atom is -0.361 e. The highest BCUT2D eigenvalue weighted by molar-refractivity contribution is 5.90. The molecule has 180 valence electrons. The lowest BCUT2D eigenvalue weighted by Crippen LogP contribution is -2.29. The summed E-state index contributed by atoms with van der Waals surface area (Å²) in [4.78, 5) is 17.0. The van der Waals surface area contributed by atoms with Gasteiger partial charge in [0.2, 0.25) is 0 Å². The van der Waals surface area contributed by atoms with Gasteiger partial charge in [-0.2, -0.15) is 5.10 Å². The van der Waals surface area contributed by atoms with E-state index >= 15 is 0 Å². The van der Waals surface area contributed by atoms with Crippen molar-refractivity contribution in [1.29, 1.82) is 0 Å². The second-order valence-electron chi connectivity index (χ2n) is 9.04. The number of hydrogen-bond acceptors (Lipinski definition) is 4. The third-order valence-electron chi connectivity index (χ3n) is 6.90. The number of hydrogen-bond donors (Lipinski definition) is 4. The van der Waals surface area contributed by atoms with E-state index in [2.05, 4.69) is 32.2 Å². The maximum atomic E-state index is 13.6. The zero-order chi connectivity index (χ0) is 24.4. The molecule has 4 N–H and O–H groups in total. The van der Waals surface area contributed by atoms with E-state index in [1.165, 1.54) is 40.5 Å². The minimum atomic E-state index is -0.551. The summed E-state index contributed by atoms with van der Waals surface area (Å²) < 4.78 is 13.6. The van der Waals surface area contributed by atoms with Gasteiger partial charge in [0.05, 0.1) is 5.69 Å². The van der Waals surface area contributed by atoms with E-state index in [9.17, 15) is 9.18 Å². The molecule has 0 aliphatic heterocycles. The molecule has 7 nitrogen and oxygen atoms in total. The first-order chi connectivity index (χ1) is 17.0. The lowest BCUT2D eigenvalue weighted by molar-refractivity contribution is -0.124. The fourth-order valence-electron chi connectivity index (χ4n) is 5.04. The van der Waals surface area contributed by atoms with Gasteiger partial charge in [0, 0.05) is 54.1 Å². The molecule has 0 fully saturated rings. The van der Waals surface area contributed by atoms with E-state index in [1.807, 2.05) is 31.5 Å². The molecule has 4 aromatic rings. The average molecular weight is 474 g/mol. The smallest absolute Gasteiger partial charge is 0.267 e. The number of H-pyrrole nitrogens is 2. The first-order valence-electron chi connectivity index (χ1n) is 11.8. The summed E-state index contributed by atoms with van der Waals surface area (Å²) in [6.45, 7) is 3.64. The fraction of sp³-hybridized carbons (Fsp3) is 0.259. The van der Waals surface area contributed by atoms with Gasteiger partial charge in [0.15, 0.2) is 0 Å². The topological polar surface area (TPSA) is 97.0 Å². The molecule has 1 aliphatic carbocycles. The van der Waals surface area contributed by atoms with Crippen LogP contribution in [0.1, 0.15) is 46.0 Å². The van der Waals surface area contributed by atoms with Gasteiger partial charge in [-0.1, -0.05) is 18.2 Å². The van der Waals surface area contributed by atoms with Gasteiger partial charge in [-0.15, -0.1) is 0 Å². The molecule has 0 saturated heterocycles. The molecule has 1 atom stereocenters. The number of carbonyl (C=O) groups excluding carboxylic acids is 1. The molecule has 35 heavy (non-hydrogen) atoms. The van der Waals surface area contributed by atoms with Gasteiger partial charge in [-0.25, -0.2) is 9.87 Å². The second-order valence-corrected chi connectivity index (χ2v) is 9.04. The minimum absolute atomic E-state index is 0.239. The number of nitrogens with zero attached hydrogens (tertiary/aromatic N) is 2. The number of nitrogens with one attached hydrogen (secondary N) is 3. The summed E-state index contributed by atoms with van der Waals surface area (Å²) in [5.41, 5.74) is 9.29. The van der Waals surface area contributed by atoms with Crippen LogP contribution in [0.5, 0.6) is 0 Å². The maximum absolute atomic E-state index is 13.6. The van der Waals surface area contributed by atoms with Crippen molar-refractivity contribution >= 4 is 22.9 Å². The molecule has 8 heteroatoms. The van der Waals surface area contributed by atoms with Gasteiger partial charge >= 0.3 is 0 Å². The molecule has 1 aliphatic rings. The molecular weight excluding hydrogens is 445 g/mol. The Balaban J connectivity index is 1.39. The molecule has 1 unspecified atom stereocenters. The Bertz CT molecular complexity index is 1390. The summed E-state index contributed by atoms with van der Waals surface area (Å²) in [5, 5.41) is 17.0. The second kappa shape index (κ2) is 9.85. The van der Waals surface area contributed by atoms with Crippen molar-refractivity contribution in [2.45, 2.75) is 38.8 Å². The number of aromatic nitrogens is 3. The molecule has 1 amide bonds. The van der Waals surface area contributed by atoms with Crippen molar-refractivity contribution in [3.05, 3.63) is 94.2 Å². The summed E-state index contributed by atoms with van der Waals surface area (Å²) >= 11 is 0. The standard InChI is InChI=1S/C27H28FN5O2/c1-17-21(15-30-31-17)16-33(11-10-20-14-29-25-13-22(28)5-7-23(20)25)26-8-4-19-12-18(2-6-24(19)26)3-9-27(34)32-35/h2-3,5-7,9,12-15,26,29,35H,4,8,10-11,16H2,1H3,(H,30,31)(H,32,34). The third kappa shape index (κ3) is 4.89. The van der Waals surface area contributed by atoms with Gasteiger partial charge in [-0.3, -0.25) is 20.0 Å². The van der Waals surface area contributed by atoms with Crippen LogP contribution in [0.3, 0.4) is 0 Å². The number of benzene rings is 2. The van der Waals surface area contributed by atoms with Gasteiger partial charge in [0.25, 0.3) is 5.91 Å². The summed E-state index contributed by atoms with van der Waals surface area (Å²) in [5.74, 6) is -0.790. The number of hydroxylamine groups is 1. The van der Waals surface area contributed by atoms with E-state index in [0.29, 0.717) is 0 Å². The van der Waals surface area contributed by atoms with Crippen LogP contribution >= 0.6 is 0 Å². The first-order valence-corrected chi connectivity index (χ1v) is 11.8. The Labute approximate surface area is 202 Å². The van der Waals surface area contributed by atoms with Crippen LogP contribution in [0.4, 0.5) is 4.39 Å². The van der Waals surface area contributed by atoms with E-state index in [4.69, 9.17) is 5.21 Å². The monoisotopic (exact) mass is 473 g/mol. The summed E-state index contributed by atoms with van der Waals surface area (Å²) in [7, 11) is 0. The zero-order valence-electron chi connectivity index (χ0n) is 19.5. The molecule has 0 radical (unpaired) electrons. The highest BCUT2D eigenvalue weighted by Gasteiger charge is 2.28. The van der Waals surface area contributed by atoms with Crippen molar-refractivity contribution in [3.8, 4) is 0 Å². The van der Waals surface area contributed by atoms with Crippen molar-refractivity contribution in [1.82, 2.24) is 25.6 Å². The normalized spacial score (nSPS) is 15.4. The van der Waals surface area contributed by atoms with E-state index in [1.54, 1.807) is 11.6 Å². The van der Waals surface area contributed by atoms with E-state index in [0.717, 1.165) is 54.5 Å². The van der Waals surface area contributed by atoms with Crippen molar-refractivity contribution in [2.24, 2.45) is 0 Å². The number of aryl methyl sites for hydroxylation is 2. The highest BCUT2D eigenvalue weighted by Crippen LogP contribution is 2.37. The van der Waals surface area contributed by atoms with Gasteiger partial charge in [-0.05, 0) is 72.7 Å². The molecule has 2 aromatic heterocycles. The van der Waals surface area contributed by atoms with Crippen LogP contribution in [-0.2, 0) is 24.2 Å². The Kier molecular flexibility index (Phi) is 6.48. The zero-order valence-corrected chi connectivity index (χ0v) is 19.5. The number of rotatable bonds is 8. The number of carbonyl (C=O) groups is 1. The van der Waals surface area contributed by atoms with Crippen LogP contribution in [0, 0.1) is 12.7 Å². The molecule has 0 spiro atoms. The largest absolute Gasteiger partial charge is 0.361 e. The third-order valence-corrected chi connectivity index (χ3v) is 6.90.